The number of hydrogen-bond donors (Lipinski definition) is 2. The lowest BCUT2D eigenvalue weighted by Gasteiger charge is -2.08. The number of aryl methyl sites for hydroxylation is 1. The first-order valence-electron chi connectivity index (χ1n) is 6.38. The Bertz CT molecular complexity index is 514. The number of ether oxygens (including phenoxy) is 1. The first-order chi connectivity index (χ1) is 9.29. The fourth-order valence-corrected chi connectivity index (χ4v) is 1.87. The second-order valence-corrected chi connectivity index (χ2v) is 4.31. The summed E-state index contributed by atoms with van der Waals surface area (Å²) in [6.45, 7) is 0.870. The fraction of sp³-hybridized carbons (Fsp3) is 0.267. The third-order valence-electron chi connectivity index (χ3n) is 2.87. The molecule has 2 aromatic rings. The molecule has 4 nitrogen and oxygen atoms in total. The van der Waals surface area contributed by atoms with Crippen molar-refractivity contribution in [2.45, 2.75) is 12.8 Å². The second kappa shape index (κ2) is 6.64. The molecule has 100 valence electrons. The van der Waals surface area contributed by atoms with Crippen molar-refractivity contribution < 1.29 is 4.74 Å². The highest BCUT2D eigenvalue weighted by molar-refractivity contribution is 5.53. The first kappa shape index (κ1) is 13.2. The largest absolute Gasteiger partial charge is 0.479 e. The Hall–Kier alpha value is -2.23. The predicted molar refractivity (Wildman–Crippen MR) is 78.5 cm³/mol. The molecule has 0 fully saturated rings. The zero-order chi connectivity index (χ0) is 13.5. The molecular formula is C15H19N3O. The van der Waals surface area contributed by atoms with Crippen LogP contribution in [-0.2, 0) is 6.42 Å². The zero-order valence-corrected chi connectivity index (χ0v) is 11.1. The molecule has 1 aromatic carbocycles. The molecule has 0 aliphatic carbocycles. The van der Waals surface area contributed by atoms with Crippen LogP contribution in [0, 0.1) is 0 Å². The SMILES string of the molecule is COc1nc(NCCCc2ccccc2)ccc1N. The summed E-state index contributed by atoms with van der Waals surface area (Å²) in [5.41, 5.74) is 7.62. The summed E-state index contributed by atoms with van der Waals surface area (Å²) >= 11 is 0. The molecule has 0 bridgehead atoms. The molecule has 3 N–H and O–H groups in total. The Morgan fingerprint density at radius 2 is 1.95 bits per heavy atom. The van der Waals surface area contributed by atoms with Crippen molar-refractivity contribution in [1.29, 1.82) is 0 Å². The van der Waals surface area contributed by atoms with Crippen molar-refractivity contribution in [3.63, 3.8) is 0 Å². The Kier molecular flexibility index (Phi) is 4.61. The number of nitrogen functional groups attached to an aromatic ring is 1. The van der Waals surface area contributed by atoms with Gasteiger partial charge in [0.2, 0.25) is 5.88 Å². The van der Waals surface area contributed by atoms with E-state index in [1.54, 1.807) is 13.2 Å². The van der Waals surface area contributed by atoms with Gasteiger partial charge in [0.15, 0.2) is 0 Å². The monoisotopic (exact) mass is 257 g/mol. The standard InChI is InChI=1S/C15H19N3O/c1-19-15-13(16)9-10-14(18-15)17-11-5-8-12-6-3-2-4-7-12/h2-4,6-7,9-10H,5,8,11,16H2,1H3,(H,17,18). The van der Waals surface area contributed by atoms with Gasteiger partial charge in [0.05, 0.1) is 12.8 Å². The van der Waals surface area contributed by atoms with Gasteiger partial charge in [0, 0.05) is 6.54 Å². The minimum atomic E-state index is 0.466. The van der Waals surface area contributed by atoms with Crippen LogP contribution in [0.4, 0.5) is 11.5 Å². The molecule has 0 saturated carbocycles. The van der Waals surface area contributed by atoms with Crippen molar-refractivity contribution in [2.75, 3.05) is 24.7 Å². The number of benzene rings is 1. The maximum Gasteiger partial charge on any atom is 0.238 e. The number of aromatic nitrogens is 1. The van der Waals surface area contributed by atoms with Gasteiger partial charge in [-0.3, -0.25) is 0 Å². The van der Waals surface area contributed by atoms with Crippen LogP contribution in [-0.4, -0.2) is 18.6 Å². The molecule has 1 aromatic heterocycles. The summed E-state index contributed by atoms with van der Waals surface area (Å²) in [5, 5.41) is 3.27. The average molecular weight is 257 g/mol. The number of rotatable bonds is 6. The van der Waals surface area contributed by atoms with Crippen LogP contribution < -0.4 is 15.8 Å². The van der Waals surface area contributed by atoms with Gasteiger partial charge in [0.1, 0.15) is 5.82 Å². The Morgan fingerprint density at radius 1 is 1.16 bits per heavy atom. The molecule has 0 unspecified atom stereocenters. The molecule has 0 aliphatic heterocycles. The molecular weight excluding hydrogens is 238 g/mol. The fourth-order valence-electron chi connectivity index (χ4n) is 1.87. The van der Waals surface area contributed by atoms with Crippen LogP contribution in [0.25, 0.3) is 0 Å². The second-order valence-electron chi connectivity index (χ2n) is 4.31. The van der Waals surface area contributed by atoms with Crippen molar-refractivity contribution >= 4 is 11.5 Å². The van der Waals surface area contributed by atoms with E-state index in [0.29, 0.717) is 11.6 Å². The van der Waals surface area contributed by atoms with Crippen LogP contribution in [0.1, 0.15) is 12.0 Å². The number of anilines is 2. The molecule has 0 radical (unpaired) electrons. The van der Waals surface area contributed by atoms with E-state index >= 15 is 0 Å². The van der Waals surface area contributed by atoms with E-state index in [0.717, 1.165) is 25.2 Å². The number of nitrogens with one attached hydrogen (secondary N) is 1. The van der Waals surface area contributed by atoms with Crippen LogP contribution >= 0.6 is 0 Å². The lowest BCUT2D eigenvalue weighted by Crippen LogP contribution is -2.06. The third kappa shape index (κ3) is 3.88. The smallest absolute Gasteiger partial charge is 0.238 e. The molecule has 19 heavy (non-hydrogen) atoms. The number of methoxy groups -OCH3 is 1. The molecule has 4 heteroatoms. The van der Waals surface area contributed by atoms with Crippen LogP contribution in [0.15, 0.2) is 42.5 Å². The summed E-state index contributed by atoms with van der Waals surface area (Å²) in [5.74, 6) is 1.26. The highest BCUT2D eigenvalue weighted by Crippen LogP contribution is 2.20. The van der Waals surface area contributed by atoms with E-state index in [4.69, 9.17) is 10.5 Å². The summed E-state index contributed by atoms with van der Waals surface area (Å²) < 4.78 is 5.09. The van der Waals surface area contributed by atoms with Gasteiger partial charge in [-0.25, -0.2) is 0 Å². The number of pyridine rings is 1. The summed E-state index contributed by atoms with van der Waals surface area (Å²) in [7, 11) is 1.57. The van der Waals surface area contributed by atoms with E-state index in [-0.39, 0.29) is 0 Å². The van der Waals surface area contributed by atoms with E-state index in [1.165, 1.54) is 5.56 Å². The lowest BCUT2D eigenvalue weighted by atomic mass is 10.1. The lowest BCUT2D eigenvalue weighted by molar-refractivity contribution is 0.401. The van der Waals surface area contributed by atoms with Gasteiger partial charge in [-0.05, 0) is 30.5 Å². The molecule has 0 aliphatic rings. The van der Waals surface area contributed by atoms with Gasteiger partial charge in [-0.15, -0.1) is 0 Å². The predicted octanol–water partition coefficient (Wildman–Crippen LogP) is 2.72. The molecule has 0 atom stereocenters. The third-order valence-corrected chi connectivity index (χ3v) is 2.87. The Labute approximate surface area is 113 Å². The first-order valence-corrected chi connectivity index (χ1v) is 6.38. The molecule has 0 saturated heterocycles. The highest BCUT2D eigenvalue weighted by Gasteiger charge is 2.02. The normalized spacial score (nSPS) is 10.2. The summed E-state index contributed by atoms with van der Waals surface area (Å²) in [6.07, 6.45) is 2.11. The van der Waals surface area contributed by atoms with Crippen LogP contribution in [0.2, 0.25) is 0 Å². The van der Waals surface area contributed by atoms with E-state index in [2.05, 4.69) is 34.6 Å². The average Bonchev–Trinajstić information content (AvgIpc) is 2.46. The van der Waals surface area contributed by atoms with Crippen molar-refractivity contribution in [3.05, 3.63) is 48.0 Å². The minimum Gasteiger partial charge on any atom is -0.479 e. The van der Waals surface area contributed by atoms with Gasteiger partial charge in [-0.1, -0.05) is 30.3 Å². The van der Waals surface area contributed by atoms with Gasteiger partial charge in [-0.2, -0.15) is 4.98 Å². The van der Waals surface area contributed by atoms with E-state index in [9.17, 15) is 0 Å². The van der Waals surface area contributed by atoms with Crippen LogP contribution in [0.3, 0.4) is 0 Å². The number of hydrogen-bond acceptors (Lipinski definition) is 4. The summed E-state index contributed by atoms with van der Waals surface area (Å²) in [4.78, 5) is 4.28. The highest BCUT2D eigenvalue weighted by atomic mass is 16.5. The topological polar surface area (TPSA) is 60.2 Å². The van der Waals surface area contributed by atoms with Crippen molar-refractivity contribution in [2.24, 2.45) is 0 Å². The number of nitrogens with zero attached hydrogens (tertiary/aromatic N) is 1. The van der Waals surface area contributed by atoms with Crippen LogP contribution in [0.5, 0.6) is 5.88 Å². The Morgan fingerprint density at radius 3 is 2.68 bits per heavy atom. The quantitative estimate of drug-likeness (QED) is 0.781. The minimum absolute atomic E-state index is 0.466. The van der Waals surface area contributed by atoms with E-state index in [1.807, 2.05) is 12.1 Å². The van der Waals surface area contributed by atoms with E-state index < -0.39 is 0 Å². The zero-order valence-electron chi connectivity index (χ0n) is 11.1. The van der Waals surface area contributed by atoms with Crippen molar-refractivity contribution in [1.82, 2.24) is 4.98 Å². The maximum absolute atomic E-state index is 5.72. The van der Waals surface area contributed by atoms with Gasteiger partial charge >= 0.3 is 0 Å². The molecule has 1 heterocycles. The molecule has 0 amide bonds. The van der Waals surface area contributed by atoms with Crippen molar-refractivity contribution in [3.8, 4) is 5.88 Å². The Balaban J connectivity index is 1.80. The molecule has 2 rings (SSSR count). The summed E-state index contributed by atoms with van der Waals surface area (Å²) in [6, 6.07) is 14.1. The maximum atomic E-state index is 5.72. The van der Waals surface area contributed by atoms with Gasteiger partial charge < -0.3 is 15.8 Å². The van der Waals surface area contributed by atoms with Gasteiger partial charge in [0.25, 0.3) is 0 Å². The number of nitrogens with two attached hydrogens (primary N) is 1. The molecule has 0 spiro atoms.